The van der Waals surface area contributed by atoms with E-state index >= 15 is 0 Å². The van der Waals surface area contributed by atoms with E-state index < -0.39 is 0 Å². The molecule has 1 unspecified atom stereocenters. The molecule has 0 fully saturated rings. The molecule has 0 aliphatic carbocycles. The largest absolute Gasteiger partial charge is 0.497 e. The van der Waals surface area contributed by atoms with Gasteiger partial charge in [-0.15, -0.1) is 21.5 Å². The fourth-order valence-electron chi connectivity index (χ4n) is 2.42. The summed E-state index contributed by atoms with van der Waals surface area (Å²) in [5, 5.41) is 11.2. The molecule has 3 heterocycles. The zero-order chi connectivity index (χ0) is 17.9. The molecular formula is C18H16N4O2S2. The van der Waals surface area contributed by atoms with Crippen LogP contribution < -0.4 is 4.74 Å². The van der Waals surface area contributed by atoms with Crippen LogP contribution in [0.3, 0.4) is 0 Å². The van der Waals surface area contributed by atoms with Gasteiger partial charge in [-0.1, -0.05) is 17.8 Å². The van der Waals surface area contributed by atoms with Crippen molar-refractivity contribution in [1.82, 2.24) is 19.7 Å². The van der Waals surface area contributed by atoms with Crippen LogP contribution in [-0.4, -0.2) is 26.9 Å². The highest BCUT2D eigenvalue weighted by atomic mass is 32.2. The van der Waals surface area contributed by atoms with Gasteiger partial charge in [-0.3, -0.25) is 4.57 Å². The molecular weight excluding hydrogens is 368 g/mol. The van der Waals surface area contributed by atoms with E-state index in [1.807, 2.05) is 59.5 Å². The third kappa shape index (κ3) is 3.38. The van der Waals surface area contributed by atoms with E-state index in [-0.39, 0.29) is 5.25 Å². The highest BCUT2D eigenvalue weighted by molar-refractivity contribution is 7.99. The first-order valence-electron chi connectivity index (χ1n) is 7.96. The number of thiophene rings is 1. The van der Waals surface area contributed by atoms with E-state index in [1.165, 1.54) is 0 Å². The highest BCUT2D eigenvalue weighted by Gasteiger charge is 2.19. The van der Waals surface area contributed by atoms with E-state index in [0.29, 0.717) is 11.8 Å². The van der Waals surface area contributed by atoms with Gasteiger partial charge in [0.2, 0.25) is 5.89 Å². The molecule has 0 N–H and O–H groups in total. The fraction of sp³-hybridized carbons (Fsp3) is 0.167. The molecule has 0 spiro atoms. The van der Waals surface area contributed by atoms with E-state index in [9.17, 15) is 0 Å². The summed E-state index contributed by atoms with van der Waals surface area (Å²) in [5.41, 5.74) is 1.02. The van der Waals surface area contributed by atoms with Crippen molar-refractivity contribution in [2.24, 2.45) is 0 Å². The first kappa shape index (κ1) is 16.9. The second kappa shape index (κ2) is 7.35. The highest BCUT2D eigenvalue weighted by Crippen LogP contribution is 2.35. The Morgan fingerprint density at radius 2 is 2.04 bits per heavy atom. The van der Waals surface area contributed by atoms with Gasteiger partial charge in [-0.25, -0.2) is 4.98 Å². The Kier molecular flexibility index (Phi) is 4.77. The number of ether oxygens (including phenoxy) is 1. The van der Waals surface area contributed by atoms with Crippen LogP contribution in [0.2, 0.25) is 0 Å². The predicted molar refractivity (Wildman–Crippen MR) is 102 cm³/mol. The van der Waals surface area contributed by atoms with Crippen LogP contribution in [-0.2, 0) is 0 Å². The van der Waals surface area contributed by atoms with Gasteiger partial charge in [-0.05, 0) is 42.6 Å². The molecule has 0 saturated heterocycles. The van der Waals surface area contributed by atoms with E-state index in [2.05, 4.69) is 15.2 Å². The maximum Gasteiger partial charge on any atom is 0.257 e. The van der Waals surface area contributed by atoms with Crippen LogP contribution in [0.15, 0.2) is 63.7 Å². The average molecular weight is 384 g/mol. The van der Waals surface area contributed by atoms with Gasteiger partial charge in [0.25, 0.3) is 5.89 Å². The van der Waals surface area contributed by atoms with Crippen LogP contribution in [0.1, 0.15) is 18.1 Å². The topological polar surface area (TPSA) is 66.0 Å². The summed E-state index contributed by atoms with van der Waals surface area (Å²) in [6, 6.07) is 11.8. The monoisotopic (exact) mass is 384 g/mol. The van der Waals surface area contributed by atoms with Gasteiger partial charge in [-0.2, -0.15) is 0 Å². The lowest BCUT2D eigenvalue weighted by Crippen LogP contribution is -1.97. The average Bonchev–Trinajstić information content (AvgIpc) is 3.42. The van der Waals surface area contributed by atoms with Gasteiger partial charge in [0.05, 0.1) is 17.2 Å². The molecule has 0 bridgehead atoms. The van der Waals surface area contributed by atoms with Crippen molar-refractivity contribution in [3.8, 4) is 22.2 Å². The molecule has 6 nitrogen and oxygen atoms in total. The van der Waals surface area contributed by atoms with Crippen LogP contribution in [0.25, 0.3) is 16.5 Å². The van der Waals surface area contributed by atoms with Crippen molar-refractivity contribution in [2.75, 3.05) is 7.11 Å². The number of imidazole rings is 1. The summed E-state index contributed by atoms with van der Waals surface area (Å²) in [4.78, 5) is 5.44. The molecule has 26 heavy (non-hydrogen) atoms. The maximum atomic E-state index is 5.83. The van der Waals surface area contributed by atoms with Gasteiger partial charge < -0.3 is 9.15 Å². The second-order valence-electron chi connectivity index (χ2n) is 5.46. The van der Waals surface area contributed by atoms with E-state index in [1.54, 1.807) is 36.4 Å². The summed E-state index contributed by atoms with van der Waals surface area (Å²) < 4.78 is 13.1. The number of thioether (sulfide) groups is 1. The minimum atomic E-state index is -0.0180. The third-order valence-electron chi connectivity index (χ3n) is 3.76. The van der Waals surface area contributed by atoms with Gasteiger partial charge >= 0.3 is 0 Å². The Hall–Kier alpha value is -2.58. The minimum Gasteiger partial charge on any atom is -0.497 e. The smallest absolute Gasteiger partial charge is 0.257 e. The van der Waals surface area contributed by atoms with Gasteiger partial charge in [0, 0.05) is 18.1 Å². The Morgan fingerprint density at radius 1 is 1.19 bits per heavy atom. The second-order valence-corrected chi connectivity index (χ2v) is 7.72. The molecule has 0 saturated carbocycles. The molecule has 8 heteroatoms. The number of hydrogen-bond donors (Lipinski definition) is 0. The Labute approximate surface area is 158 Å². The number of nitrogens with zero attached hydrogens (tertiary/aromatic N) is 4. The molecule has 1 aromatic carbocycles. The number of hydrogen-bond acceptors (Lipinski definition) is 7. The Bertz CT molecular complexity index is 977. The SMILES string of the molecule is COc1ccc(-n2ccnc2SC(C)c2nnc(-c3cccs3)o2)cc1. The van der Waals surface area contributed by atoms with Crippen molar-refractivity contribution in [2.45, 2.75) is 17.3 Å². The fourth-order valence-corrected chi connectivity index (χ4v) is 3.98. The van der Waals surface area contributed by atoms with Crippen LogP contribution in [0.5, 0.6) is 5.75 Å². The first-order valence-corrected chi connectivity index (χ1v) is 9.72. The van der Waals surface area contributed by atoms with Crippen LogP contribution in [0.4, 0.5) is 0 Å². The normalized spacial score (nSPS) is 12.2. The van der Waals surface area contributed by atoms with Crippen LogP contribution >= 0.6 is 23.1 Å². The standard InChI is InChI=1S/C18H16N4O2S2/c1-12(16-20-21-17(24-16)15-4-3-11-25-15)26-18-19-9-10-22(18)13-5-7-14(23-2)8-6-13/h3-12H,1-2H3. The van der Waals surface area contributed by atoms with Crippen molar-refractivity contribution < 1.29 is 9.15 Å². The molecule has 1 atom stereocenters. The zero-order valence-corrected chi connectivity index (χ0v) is 15.8. The lowest BCUT2D eigenvalue weighted by Gasteiger charge is -2.10. The lowest BCUT2D eigenvalue weighted by atomic mass is 10.3. The quantitative estimate of drug-likeness (QED) is 0.443. The number of rotatable bonds is 6. The molecule has 4 rings (SSSR count). The summed E-state index contributed by atoms with van der Waals surface area (Å²) >= 11 is 3.15. The van der Waals surface area contributed by atoms with E-state index in [4.69, 9.17) is 9.15 Å². The molecule has 4 aromatic rings. The molecule has 0 amide bonds. The zero-order valence-electron chi connectivity index (χ0n) is 14.2. The predicted octanol–water partition coefficient (Wildman–Crippen LogP) is 4.85. The van der Waals surface area contributed by atoms with Crippen molar-refractivity contribution in [3.63, 3.8) is 0 Å². The van der Waals surface area contributed by atoms with Crippen molar-refractivity contribution in [1.29, 1.82) is 0 Å². The molecule has 0 aliphatic rings. The number of methoxy groups -OCH3 is 1. The molecule has 0 radical (unpaired) electrons. The first-order chi connectivity index (χ1) is 12.7. The third-order valence-corrected chi connectivity index (χ3v) is 5.69. The molecule has 3 aromatic heterocycles. The summed E-state index contributed by atoms with van der Waals surface area (Å²) in [6.07, 6.45) is 3.71. The maximum absolute atomic E-state index is 5.83. The number of aromatic nitrogens is 4. The van der Waals surface area contributed by atoms with Crippen molar-refractivity contribution in [3.05, 3.63) is 60.1 Å². The Morgan fingerprint density at radius 3 is 2.77 bits per heavy atom. The van der Waals surface area contributed by atoms with Crippen molar-refractivity contribution >= 4 is 23.1 Å². The summed E-state index contributed by atoms with van der Waals surface area (Å²) in [7, 11) is 1.66. The minimum absolute atomic E-state index is 0.0180. The van der Waals surface area contributed by atoms with Gasteiger partial charge in [0.1, 0.15) is 5.75 Å². The number of benzene rings is 1. The summed E-state index contributed by atoms with van der Waals surface area (Å²) in [6.45, 7) is 2.03. The molecule has 0 aliphatic heterocycles. The summed E-state index contributed by atoms with van der Waals surface area (Å²) in [5.74, 6) is 1.96. The Balaban J connectivity index is 1.53. The van der Waals surface area contributed by atoms with E-state index in [0.717, 1.165) is 21.5 Å². The van der Waals surface area contributed by atoms with Crippen LogP contribution in [0, 0.1) is 0 Å². The molecule has 132 valence electrons. The lowest BCUT2D eigenvalue weighted by molar-refractivity contribution is 0.414. The van der Waals surface area contributed by atoms with Gasteiger partial charge in [0.15, 0.2) is 5.16 Å².